The third-order valence-electron chi connectivity index (χ3n) is 11.1. The quantitative estimate of drug-likeness (QED) is 0.269. The molecule has 4 fully saturated rings. The van der Waals surface area contributed by atoms with Gasteiger partial charge in [0.2, 0.25) is 5.91 Å². The first-order chi connectivity index (χ1) is 25.6. The molecule has 53 heavy (non-hydrogen) atoms. The molecule has 4 atom stereocenters. The Kier molecular flexibility index (Phi) is 10.9. The highest BCUT2D eigenvalue weighted by atomic mass is 19.1. The van der Waals surface area contributed by atoms with E-state index in [4.69, 9.17) is 4.98 Å². The standard InChI is InChI=1S/C39H50FN9O4/c1-4-15-47-26-37(51)48-34(18-29-13-14-32(50)19-33(29)40)38(52)46(25-36(48)49(47)39(53)41-20-28-9-6-5-7-10-28)22-30-11-8-12-35(42-30)45-23-31(24-45)44-17-16-43(3)27(2)21-44/h4-14,19,27,31,34,36-37,50-51H,1,15-18,20-26H2,2-3H3,(H,41,53)/t27-,34+,36+,37?/m1/s1. The molecule has 3 N–H and O–H groups in total. The largest absolute Gasteiger partial charge is 0.508 e. The maximum Gasteiger partial charge on any atom is 0.333 e. The molecule has 3 amide bonds. The number of aliphatic hydroxyl groups excluding tert-OH is 1. The lowest BCUT2D eigenvalue weighted by Crippen LogP contribution is -2.77. The van der Waals surface area contributed by atoms with Gasteiger partial charge < -0.3 is 30.2 Å². The molecular formula is C39H50FN9O4. The van der Waals surface area contributed by atoms with Crippen molar-refractivity contribution in [3.63, 3.8) is 0 Å². The number of hydrazine groups is 1. The minimum Gasteiger partial charge on any atom is -0.508 e. The van der Waals surface area contributed by atoms with Crippen molar-refractivity contribution in [2.75, 3.05) is 64.3 Å². The van der Waals surface area contributed by atoms with Gasteiger partial charge in [0.25, 0.3) is 0 Å². The van der Waals surface area contributed by atoms with Gasteiger partial charge in [-0.05, 0) is 49.7 Å². The second-order valence-corrected chi connectivity index (χ2v) is 14.6. The number of phenols is 1. The van der Waals surface area contributed by atoms with E-state index in [-0.39, 0.29) is 56.4 Å². The van der Waals surface area contributed by atoms with Gasteiger partial charge in [-0.1, -0.05) is 48.5 Å². The van der Waals surface area contributed by atoms with Crippen LogP contribution in [0.1, 0.15) is 23.7 Å². The Morgan fingerprint density at radius 2 is 1.83 bits per heavy atom. The van der Waals surface area contributed by atoms with E-state index >= 15 is 4.39 Å². The molecule has 0 spiro atoms. The van der Waals surface area contributed by atoms with E-state index in [1.54, 1.807) is 25.9 Å². The minimum atomic E-state index is -1.14. The first kappa shape index (κ1) is 36.7. The number of carbonyl (C=O) groups is 2. The van der Waals surface area contributed by atoms with Crippen LogP contribution in [0.15, 0.2) is 79.4 Å². The van der Waals surface area contributed by atoms with Crippen molar-refractivity contribution >= 4 is 17.8 Å². The summed E-state index contributed by atoms with van der Waals surface area (Å²) in [6.07, 6.45) is -0.348. The van der Waals surface area contributed by atoms with E-state index in [0.717, 1.165) is 50.2 Å². The summed E-state index contributed by atoms with van der Waals surface area (Å²) in [6.45, 7) is 11.9. The van der Waals surface area contributed by atoms with E-state index < -0.39 is 30.3 Å². The predicted octanol–water partition coefficient (Wildman–Crippen LogP) is 2.28. The number of aliphatic hydroxyl groups is 1. The molecule has 0 aliphatic carbocycles. The smallest absolute Gasteiger partial charge is 0.333 e. The summed E-state index contributed by atoms with van der Waals surface area (Å²) in [5.41, 5.74) is 1.82. The van der Waals surface area contributed by atoms with Gasteiger partial charge in [-0.3, -0.25) is 9.69 Å². The predicted molar refractivity (Wildman–Crippen MR) is 199 cm³/mol. The second-order valence-electron chi connectivity index (χ2n) is 14.6. The number of nitrogens with one attached hydrogen (secondary N) is 1. The number of piperazine rings is 2. The number of anilines is 1. The summed E-state index contributed by atoms with van der Waals surface area (Å²) in [7, 11) is 2.18. The third-order valence-corrected chi connectivity index (χ3v) is 11.1. The van der Waals surface area contributed by atoms with Gasteiger partial charge >= 0.3 is 6.03 Å². The number of pyridine rings is 1. The van der Waals surface area contributed by atoms with Crippen LogP contribution >= 0.6 is 0 Å². The summed E-state index contributed by atoms with van der Waals surface area (Å²) in [5.74, 6) is -0.341. The summed E-state index contributed by atoms with van der Waals surface area (Å²) < 4.78 is 15.2. The lowest BCUT2D eigenvalue weighted by molar-refractivity contribution is -0.226. The monoisotopic (exact) mass is 727 g/mol. The number of carbonyl (C=O) groups excluding carboxylic acids is 2. The number of hydrogen-bond acceptors (Lipinski definition) is 10. The summed E-state index contributed by atoms with van der Waals surface area (Å²) in [4.78, 5) is 44.0. The van der Waals surface area contributed by atoms with Crippen molar-refractivity contribution in [3.8, 4) is 5.75 Å². The normalized spacial score (nSPS) is 24.9. The minimum absolute atomic E-state index is 0.0244. The molecule has 282 valence electrons. The molecular weight excluding hydrogens is 677 g/mol. The van der Waals surface area contributed by atoms with Gasteiger partial charge in [0, 0.05) is 64.0 Å². The maximum atomic E-state index is 15.2. The fraction of sp³-hybridized carbons (Fsp3) is 0.462. The molecule has 0 bridgehead atoms. The Morgan fingerprint density at radius 1 is 1.04 bits per heavy atom. The molecule has 1 aromatic heterocycles. The van der Waals surface area contributed by atoms with E-state index in [9.17, 15) is 19.8 Å². The molecule has 0 radical (unpaired) electrons. The molecule has 14 heteroatoms. The van der Waals surface area contributed by atoms with Crippen LogP contribution in [-0.2, 0) is 24.3 Å². The zero-order valence-electron chi connectivity index (χ0n) is 30.5. The number of hydrogen-bond donors (Lipinski definition) is 3. The second kappa shape index (κ2) is 15.8. The van der Waals surface area contributed by atoms with Gasteiger partial charge in [0.1, 0.15) is 29.8 Å². The number of β-amino-alcohol motifs (C(OH)–C–C–N with tert-alkyl or cyclic N) is 1. The highest BCUT2D eigenvalue weighted by molar-refractivity contribution is 5.84. The van der Waals surface area contributed by atoms with E-state index in [1.807, 2.05) is 48.5 Å². The molecule has 7 rings (SSSR count). The molecule has 3 aromatic rings. The first-order valence-corrected chi connectivity index (χ1v) is 18.4. The number of aromatic nitrogens is 1. The molecule has 1 unspecified atom stereocenters. The molecule has 2 aromatic carbocycles. The Labute approximate surface area is 310 Å². The van der Waals surface area contributed by atoms with Crippen molar-refractivity contribution in [1.82, 2.24) is 39.9 Å². The van der Waals surface area contributed by atoms with Crippen molar-refractivity contribution in [1.29, 1.82) is 0 Å². The highest BCUT2D eigenvalue weighted by Gasteiger charge is 2.52. The van der Waals surface area contributed by atoms with Crippen molar-refractivity contribution in [2.24, 2.45) is 0 Å². The van der Waals surface area contributed by atoms with Gasteiger partial charge in [0.05, 0.1) is 31.4 Å². The topological polar surface area (TPSA) is 122 Å². The zero-order chi connectivity index (χ0) is 37.2. The number of likely N-dealkylation sites (N-methyl/N-ethyl adjacent to an activating group) is 1. The van der Waals surface area contributed by atoms with Gasteiger partial charge in [-0.2, -0.15) is 0 Å². The summed E-state index contributed by atoms with van der Waals surface area (Å²) >= 11 is 0. The van der Waals surface area contributed by atoms with Crippen LogP contribution in [0, 0.1) is 5.82 Å². The number of halogens is 1. The Hall–Kier alpha value is -4.60. The zero-order valence-corrected chi connectivity index (χ0v) is 30.5. The number of benzene rings is 2. The average molecular weight is 728 g/mol. The number of rotatable bonds is 10. The van der Waals surface area contributed by atoms with E-state index in [1.165, 1.54) is 12.1 Å². The SMILES string of the molecule is C=CCN1CC(O)N2[C@@H](Cc3ccc(O)cc3F)C(=O)N(Cc3cccc(N4CC(N5CCN(C)[C@H](C)C5)C4)n3)C[C@@H]2N1C(=O)NCc1ccccc1. The number of phenolic OH excluding ortho intramolecular Hbond substituents is 1. The molecule has 4 aliphatic heterocycles. The van der Waals surface area contributed by atoms with Crippen LogP contribution < -0.4 is 10.2 Å². The van der Waals surface area contributed by atoms with E-state index in [2.05, 4.69) is 40.6 Å². The van der Waals surface area contributed by atoms with Gasteiger partial charge in [0.15, 0.2) is 0 Å². The number of urea groups is 1. The molecule has 4 aliphatic rings. The molecule has 4 saturated heterocycles. The van der Waals surface area contributed by atoms with Crippen LogP contribution in [0.3, 0.4) is 0 Å². The first-order valence-electron chi connectivity index (χ1n) is 18.4. The molecule has 13 nitrogen and oxygen atoms in total. The van der Waals surface area contributed by atoms with E-state index in [0.29, 0.717) is 17.8 Å². The molecule has 0 saturated carbocycles. The van der Waals surface area contributed by atoms with Crippen molar-refractivity contribution in [2.45, 2.75) is 57.0 Å². The Balaban J connectivity index is 1.14. The lowest BCUT2D eigenvalue weighted by Gasteiger charge is -2.57. The van der Waals surface area contributed by atoms with Gasteiger partial charge in [-0.15, -0.1) is 6.58 Å². The van der Waals surface area contributed by atoms with Crippen LogP contribution in [0.25, 0.3) is 0 Å². The number of amides is 3. The fourth-order valence-electron chi connectivity index (χ4n) is 7.98. The highest BCUT2D eigenvalue weighted by Crippen LogP contribution is 2.32. The van der Waals surface area contributed by atoms with Crippen LogP contribution in [0.2, 0.25) is 0 Å². The Morgan fingerprint density at radius 3 is 2.57 bits per heavy atom. The van der Waals surface area contributed by atoms with Crippen LogP contribution in [0.5, 0.6) is 5.75 Å². The summed E-state index contributed by atoms with van der Waals surface area (Å²) in [6, 6.07) is 18.8. The average Bonchev–Trinajstić information content (AvgIpc) is 3.11. The van der Waals surface area contributed by atoms with Crippen molar-refractivity contribution in [3.05, 3.63) is 102 Å². The number of nitrogens with zero attached hydrogens (tertiary/aromatic N) is 8. The lowest BCUT2D eigenvalue weighted by atomic mass is 9.97. The van der Waals surface area contributed by atoms with Crippen molar-refractivity contribution < 1.29 is 24.2 Å². The molecule has 5 heterocycles. The maximum absolute atomic E-state index is 15.2. The fourth-order valence-corrected chi connectivity index (χ4v) is 7.98. The number of fused-ring (bicyclic) bond motifs is 1. The summed E-state index contributed by atoms with van der Waals surface area (Å²) in [5, 5.41) is 27.8. The third kappa shape index (κ3) is 7.87. The van der Waals surface area contributed by atoms with Gasteiger partial charge in [-0.25, -0.2) is 29.1 Å². The van der Waals surface area contributed by atoms with Crippen LogP contribution in [0.4, 0.5) is 15.0 Å². The number of aromatic hydroxyl groups is 1. The van der Waals surface area contributed by atoms with Crippen LogP contribution in [-0.4, -0.2) is 147 Å². The Bertz CT molecular complexity index is 1780.